The lowest BCUT2D eigenvalue weighted by Crippen LogP contribution is -2.89. The van der Waals surface area contributed by atoms with E-state index in [2.05, 4.69) is 48.5 Å². The van der Waals surface area contributed by atoms with Crippen LogP contribution in [-0.2, 0) is 0 Å². The molecule has 3 saturated carbocycles. The van der Waals surface area contributed by atoms with Gasteiger partial charge in [-0.3, -0.25) is 0 Å². The molecule has 0 radical (unpaired) electrons. The summed E-state index contributed by atoms with van der Waals surface area (Å²) in [6.07, 6.45) is 0. The van der Waals surface area contributed by atoms with Gasteiger partial charge in [0.1, 0.15) is 0 Å². The Balaban J connectivity index is 1.61. The third-order valence-electron chi connectivity index (χ3n) is 8.84. The Morgan fingerprint density at radius 3 is 1.38 bits per heavy atom. The fourth-order valence-corrected chi connectivity index (χ4v) is 8.69. The van der Waals surface area contributed by atoms with Crippen LogP contribution in [0.5, 0.6) is 0 Å². The van der Waals surface area contributed by atoms with Crippen molar-refractivity contribution >= 4 is 0 Å². The van der Waals surface area contributed by atoms with Crippen LogP contribution in [0.4, 0.5) is 0 Å². The van der Waals surface area contributed by atoms with E-state index >= 15 is 0 Å². The Morgan fingerprint density at radius 1 is 0.625 bits per heavy atom. The molecule has 0 aromatic heterocycles. The molecule has 0 bridgehead atoms. The molecule has 24 heavy (non-hydrogen) atoms. The number of aliphatic hydroxyl groups excluding tert-OH is 2. The Bertz CT molecular complexity index is 832. The number of benzene rings is 2. The van der Waals surface area contributed by atoms with Crippen molar-refractivity contribution in [2.45, 2.75) is 23.7 Å². The van der Waals surface area contributed by atoms with Crippen LogP contribution in [0.1, 0.15) is 45.9 Å². The van der Waals surface area contributed by atoms with Gasteiger partial charge >= 0.3 is 0 Å². The molecule has 120 valence electrons. The first kappa shape index (κ1) is 12.7. The molecule has 2 nitrogen and oxygen atoms in total. The van der Waals surface area contributed by atoms with E-state index in [1.807, 2.05) is 0 Å². The van der Waals surface area contributed by atoms with Crippen LogP contribution < -0.4 is 0 Å². The van der Waals surface area contributed by atoms with Gasteiger partial charge in [-0.15, -0.1) is 0 Å². The van der Waals surface area contributed by atoms with E-state index in [1.54, 1.807) is 0 Å². The zero-order chi connectivity index (χ0) is 15.8. The SMILES string of the molecule is OCC12C3c4ccccc4C4C5c6ccccc6C3C1C5(CO)C42. The number of hydrogen-bond donors (Lipinski definition) is 2. The topological polar surface area (TPSA) is 40.5 Å². The van der Waals surface area contributed by atoms with E-state index in [4.69, 9.17) is 0 Å². The first-order chi connectivity index (χ1) is 11.8. The summed E-state index contributed by atoms with van der Waals surface area (Å²) in [6.45, 7) is 0.565. The highest BCUT2D eigenvalue weighted by Crippen LogP contribution is 2.98. The lowest BCUT2D eigenvalue weighted by Gasteiger charge is -2.93. The number of fused-ring (bicyclic) bond motifs is 8. The lowest BCUT2D eigenvalue weighted by molar-refractivity contribution is -0.400. The van der Waals surface area contributed by atoms with Gasteiger partial charge in [-0.25, -0.2) is 0 Å². The maximum Gasteiger partial charge on any atom is 0.0499 e. The molecule has 0 aliphatic heterocycles. The summed E-state index contributed by atoms with van der Waals surface area (Å²) in [4.78, 5) is 0. The summed E-state index contributed by atoms with van der Waals surface area (Å²) >= 11 is 0. The van der Waals surface area contributed by atoms with Crippen molar-refractivity contribution in [1.82, 2.24) is 0 Å². The average Bonchev–Trinajstić information content (AvgIpc) is 2.57. The molecule has 5 aliphatic rings. The highest BCUT2D eigenvalue weighted by molar-refractivity contribution is 5.65. The Morgan fingerprint density at radius 2 is 1.00 bits per heavy atom. The van der Waals surface area contributed by atoms with E-state index in [1.165, 1.54) is 22.3 Å². The molecule has 2 aromatic carbocycles. The summed E-state index contributed by atoms with van der Waals surface area (Å²) in [5.74, 6) is 2.78. The van der Waals surface area contributed by atoms with E-state index in [0.29, 0.717) is 35.5 Å². The lowest BCUT2D eigenvalue weighted by atomic mass is 9.10. The van der Waals surface area contributed by atoms with Crippen LogP contribution in [0.3, 0.4) is 0 Å². The smallest absolute Gasteiger partial charge is 0.0499 e. The van der Waals surface area contributed by atoms with E-state index < -0.39 is 0 Å². The quantitative estimate of drug-likeness (QED) is 0.894. The van der Waals surface area contributed by atoms with Crippen LogP contribution in [0, 0.1) is 22.7 Å². The fourth-order valence-electron chi connectivity index (χ4n) is 8.69. The van der Waals surface area contributed by atoms with Gasteiger partial charge in [0.2, 0.25) is 0 Å². The number of aliphatic hydroxyl groups is 2. The molecule has 0 saturated heterocycles. The molecule has 3 fully saturated rings. The number of hydrogen-bond acceptors (Lipinski definition) is 2. The van der Waals surface area contributed by atoms with Gasteiger partial charge < -0.3 is 10.2 Å². The van der Waals surface area contributed by atoms with E-state index in [9.17, 15) is 10.2 Å². The molecule has 2 N–H and O–H groups in total. The largest absolute Gasteiger partial charge is 0.396 e. The zero-order valence-electron chi connectivity index (χ0n) is 13.4. The molecule has 4 unspecified atom stereocenters. The minimum atomic E-state index is 0.0381. The van der Waals surface area contributed by atoms with Gasteiger partial charge in [0.15, 0.2) is 0 Å². The highest BCUT2D eigenvalue weighted by atomic mass is 16.3. The standard InChI is InChI=1S/C22H20O2/c23-9-21-17-13-7-3-1-5-11(13)15-18-14-8-4-2-6-12(14)16(17)20(21)22(18,10-24)19(15)21/h1-8,15-20,23-24H,9-10H2. The second kappa shape index (κ2) is 3.49. The maximum atomic E-state index is 10.4. The van der Waals surface area contributed by atoms with Crippen molar-refractivity contribution in [2.24, 2.45) is 22.7 Å². The summed E-state index contributed by atoms with van der Waals surface area (Å²) in [5.41, 5.74) is 6.05. The van der Waals surface area contributed by atoms with Crippen LogP contribution in [0.15, 0.2) is 48.5 Å². The van der Waals surface area contributed by atoms with Crippen molar-refractivity contribution in [2.75, 3.05) is 13.2 Å². The third kappa shape index (κ3) is 0.857. The molecule has 4 atom stereocenters. The Labute approximate surface area is 141 Å². The Kier molecular flexibility index (Phi) is 1.85. The van der Waals surface area contributed by atoms with Crippen molar-refractivity contribution < 1.29 is 10.2 Å². The maximum absolute atomic E-state index is 10.4. The molecule has 0 heterocycles. The third-order valence-corrected chi connectivity index (χ3v) is 8.84. The molecule has 2 aromatic rings. The van der Waals surface area contributed by atoms with Crippen molar-refractivity contribution in [3.8, 4) is 0 Å². The molecule has 0 amide bonds. The highest BCUT2D eigenvalue weighted by Gasteiger charge is 2.93. The van der Waals surface area contributed by atoms with Gasteiger partial charge in [-0.05, 0) is 57.8 Å². The van der Waals surface area contributed by atoms with Crippen LogP contribution in [0.2, 0.25) is 0 Å². The molecule has 0 spiro atoms. The molecule has 2 heteroatoms. The summed E-state index contributed by atoms with van der Waals surface area (Å²) < 4.78 is 0. The second-order valence-corrected chi connectivity index (χ2v) is 8.76. The first-order valence-electron chi connectivity index (χ1n) is 9.21. The summed E-state index contributed by atoms with van der Waals surface area (Å²) in [7, 11) is 0. The predicted molar refractivity (Wildman–Crippen MR) is 89.9 cm³/mol. The normalized spacial score (nSPS) is 49.9. The van der Waals surface area contributed by atoms with E-state index in [-0.39, 0.29) is 24.0 Å². The van der Waals surface area contributed by atoms with Gasteiger partial charge in [0.25, 0.3) is 0 Å². The minimum Gasteiger partial charge on any atom is -0.396 e. The number of rotatable bonds is 2. The second-order valence-electron chi connectivity index (χ2n) is 8.76. The van der Waals surface area contributed by atoms with Crippen molar-refractivity contribution in [3.05, 3.63) is 70.8 Å². The molecular formula is C22H20O2. The fraction of sp³-hybridized carbons (Fsp3) is 0.455. The van der Waals surface area contributed by atoms with E-state index in [0.717, 1.165) is 0 Å². The minimum absolute atomic E-state index is 0.0381. The Hall–Kier alpha value is -1.64. The average molecular weight is 316 g/mol. The van der Waals surface area contributed by atoms with Crippen LogP contribution in [0.25, 0.3) is 0 Å². The van der Waals surface area contributed by atoms with Gasteiger partial charge in [0, 0.05) is 24.0 Å². The van der Waals surface area contributed by atoms with Gasteiger partial charge in [0.05, 0.1) is 0 Å². The summed E-state index contributed by atoms with van der Waals surface area (Å²) in [5, 5.41) is 20.9. The van der Waals surface area contributed by atoms with Crippen LogP contribution in [-0.4, -0.2) is 23.4 Å². The first-order valence-corrected chi connectivity index (χ1v) is 9.21. The molecule has 7 rings (SSSR count). The van der Waals surface area contributed by atoms with Crippen molar-refractivity contribution in [3.63, 3.8) is 0 Å². The molecule has 5 aliphatic carbocycles. The monoisotopic (exact) mass is 316 g/mol. The molecular weight excluding hydrogens is 296 g/mol. The zero-order valence-corrected chi connectivity index (χ0v) is 13.4. The summed E-state index contributed by atoms with van der Waals surface area (Å²) in [6, 6.07) is 17.9. The predicted octanol–water partition coefficient (Wildman–Crippen LogP) is 2.98. The van der Waals surface area contributed by atoms with Crippen molar-refractivity contribution in [1.29, 1.82) is 0 Å². The van der Waals surface area contributed by atoms with Gasteiger partial charge in [-0.2, -0.15) is 0 Å². The van der Waals surface area contributed by atoms with Crippen LogP contribution >= 0.6 is 0 Å². The van der Waals surface area contributed by atoms with Gasteiger partial charge in [-0.1, -0.05) is 48.5 Å².